The highest BCUT2D eigenvalue weighted by Gasteiger charge is 2.14. The molecule has 0 unspecified atom stereocenters. The lowest BCUT2D eigenvalue weighted by Crippen LogP contribution is -2.18. The summed E-state index contributed by atoms with van der Waals surface area (Å²) in [5.41, 5.74) is 9.59. The lowest BCUT2D eigenvalue weighted by molar-refractivity contribution is 0.0954. The zero-order valence-electron chi connectivity index (χ0n) is 37.9. The minimum absolute atomic E-state index is 0.137. The Bertz CT molecular complexity index is 2830. The van der Waals surface area contributed by atoms with E-state index in [0.717, 1.165) is 49.7 Å². The van der Waals surface area contributed by atoms with Crippen LogP contribution in [0, 0.1) is 0 Å². The normalized spacial score (nSPS) is 11.0. The van der Waals surface area contributed by atoms with Crippen molar-refractivity contribution in [2.45, 2.75) is 39.6 Å². The predicted octanol–water partition coefficient (Wildman–Crippen LogP) is 13.1. The third-order valence-electron chi connectivity index (χ3n) is 11.0. The number of nitrogens with zero attached hydrogens (tertiary/aromatic N) is 1. The standard InChI is InChI=1S/C60H50N2O7/c63-60(62-61-37-48-25-26-51-23-13-14-24-52(51)27-48)53-32-58(68-42-49-28-54(64-38-44-15-5-1-6-16-44)34-55(29-49)65-39-45-17-7-2-8-18-45)36-59(33-53)69-43-50-30-56(66-40-46-19-9-3-10-20-46)35-57(31-50)67-41-47-21-11-4-12-22-47/h1-37H,38-43H2,(H,62,63)/b61-37+. The van der Waals surface area contributed by atoms with E-state index in [1.54, 1.807) is 24.4 Å². The molecule has 9 aromatic rings. The van der Waals surface area contributed by atoms with Gasteiger partial charge in [-0.25, -0.2) is 5.43 Å². The average molecular weight is 911 g/mol. The van der Waals surface area contributed by atoms with Crippen molar-refractivity contribution in [3.05, 3.63) is 263 Å². The van der Waals surface area contributed by atoms with E-state index in [1.165, 1.54) is 0 Å². The minimum Gasteiger partial charge on any atom is -0.489 e. The monoisotopic (exact) mass is 910 g/mol. The Hall–Kier alpha value is -8.82. The minimum atomic E-state index is -0.442. The van der Waals surface area contributed by atoms with Crippen LogP contribution in [0.4, 0.5) is 0 Å². The van der Waals surface area contributed by atoms with Crippen LogP contribution in [0.5, 0.6) is 34.5 Å². The van der Waals surface area contributed by atoms with E-state index in [0.29, 0.717) is 60.9 Å². The van der Waals surface area contributed by atoms with Crippen molar-refractivity contribution in [1.82, 2.24) is 5.43 Å². The summed E-state index contributed by atoms with van der Waals surface area (Å²) in [6, 6.07) is 70.6. The van der Waals surface area contributed by atoms with Gasteiger partial charge in [0, 0.05) is 23.8 Å². The van der Waals surface area contributed by atoms with Crippen LogP contribution in [-0.2, 0) is 39.6 Å². The Morgan fingerprint density at radius 3 is 1.07 bits per heavy atom. The van der Waals surface area contributed by atoms with Crippen molar-refractivity contribution in [3.63, 3.8) is 0 Å². The summed E-state index contributed by atoms with van der Waals surface area (Å²) < 4.78 is 38.0. The number of carbonyl (C=O) groups excluding carboxylic acids is 1. The molecule has 69 heavy (non-hydrogen) atoms. The SMILES string of the molecule is O=C(N/N=C/c1ccc2ccccc2c1)c1cc(OCc2cc(OCc3ccccc3)cc(OCc3ccccc3)c2)cc(OCc2cc(OCc3ccccc3)cc(OCc3ccccc3)c2)c1. The molecule has 0 fully saturated rings. The zero-order valence-corrected chi connectivity index (χ0v) is 37.9. The summed E-state index contributed by atoms with van der Waals surface area (Å²) >= 11 is 0. The molecular formula is C60H50N2O7. The number of fused-ring (bicyclic) bond motifs is 1. The second kappa shape index (κ2) is 23.1. The van der Waals surface area contributed by atoms with Crippen LogP contribution in [0.2, 0.25) is 0 Å². The van der Waals surface area contributed by atoms with Gasteiger partial charge < -0.3 is 28.4 Å². The van der Waals surface area contributed by atoms with Crippen molar-refractivity contribution >= 4 is 22.9 Å². The topological polar surface area (TPSA) is 96.8 Å². The molecular weight excluding hydrogens is 861 g/mol. The molecule has 0 aliphatic rings. The molecule has 9 rings (SSSR count). The fourth-order valence-electron chi connectivity index (χ4n) is 7.45. The highest BCUT2D eigenvalue weighted by molar-refractivity contribution is 5.96. The van der Waals surface area contributed by atoms with Crippen molar-refractivity contribution in [1.29, 1.82) is 0 Å². The summed E-state index contributed by atoms with van der Waals surface area (Å²) in [7, 11) is 0. The number of amides is 1. The Morgan fingerprint density at radius 2 is 0.681 bits per heavy atom. The van der Waals surface area contributed by atoms with E-state index < -0.39 is 5.91 Å². The maximum Gasteiger partial charge on any atom is 0.271 e. The van der Waals surface area contributed by atoms with Gasteiger partial charge in [0.25, 0.3) is 5.91 Å². The van der Waals surface area contributed by atoms with Crippen molar-refractivity contribution in [2.24, 2.45) is 5.10 Å². The van der Waals surface area contributed by atoms with E-state index in [2.05, 4.69) is 16.6 Å². The molecule has 9 heteroatoms. The molecule has 0 spiro atoms. The van der Waals surface area contributed by atoms with E-state index in [4.69, 9.17) is 28.4 Å². The number of hydrogen-bond donors (Lipinski definition) is 1. The summed E-state index contributed by atoms with van der Waals surface area (Å²) in [6.07, 6.45) is 1.62. The number of hydrazone groups is 1. The first kappa shape index (κ1) is 45.3. The lowest BCUT2D eigenvalue weighted by Gasteiger charge is -2.15. The fourth-order valence-corrected chi connectivity index (χ4v) is 7.45. The molecule has 0 heterocycles. The second-order valence-corrected chi connectivity index (χ2v) is 16.3. The third kappa shape index (κ3) is 13.6. The Labute approximate surface area is 402 Å². The Balaban J connectivity index is 0.961. The number of nitrogens with one attached hydrogen (secondary N) is 1. The van der Waals surface area contributed by atoms with Crippen molar-refractivity contribution < 1.29 is 33.2 Å². The number of rotatable bonds is 21. The van der Waals surface area contributed by atoms with Crippen molar-refractivity contribution in [2.75, 3.05) is 0 Å². The maximum absolute atomic E-state index is 13.8. The van der Waals surface area contributed by atoms with Gasteiger partial charge in [0.2, 0.25) is 0 Å². The quantitative estimate of drug-likeness (QED) is 0.0566. The van der Waals surface area contributed by atoms with E-state index in [-0.39, 0.29) is 18.8 Å². The summed E-state index contributed by atoms with van der Waals surface area (Å²) in [5.74, 6) is 2.90. The second-order valence-electron chi connectivity index (χ2n) is 16.3. The summed E-state index contributed by atoms with van der Waals surface area (Å²) in [4.78, 5) is 13.8. The highest BCUT2D eigenvalue weighted by Crippen LogP contribution is 2.30. The molecule has 0 aliphatic heterocycles. The largest absolute Gasteiger partial charge is 0.489 e. The van der Waals surface area contributed by atoms with Crippen LogP contribution in [0.3, 0.4) is 0 Å². The van der Waals surface area contributed by atoms with Crippen LogP contribution in [0.15, 0.2) is 223 Å². The van der Waals surface area contributed by atoms with Gasteiger partial charge in [0.1, 0.15) is 74.1 Å². The Morgan fingerprint density at radius 1 is 0.348 bits per heavy atom. The predicted molar refractivity (Wildman–Crippen MR) is 270 cm³/mol. The molecule has 0 atom stereocenters. The number of hydrogen-bond acceptors (Lipinski definition) is 8. The van der Waals surface area contributed by atoms with E-state index in [1.807, 2.05) is 194 Å². The smallest absolute Gasteiger partial charge is 0.271 e. The molecule has 9 nitrogen and oxygen atoms in total. The molecule has 0 bridgehead atoms. The third-order valence-corrected chi connectivity index (χ3v) is 11.0. The van der Waals surface area contributed by atoms with E-state index in [9.17, 15) is 4.79 Å². The van der Waals surface area contributed by atoms with Crippen LogP contribution in [-0.4, -0.2) is 12.1 Å². The summed E-state index contributed by atoms with van der Waals surface area (Å²) in [6.45, 7) is 1.80. The highest BCUT2D eigenvalue weighted by atomic mass is 16.5. The van der Waals surface area contributed by atoms with Gasteiger partial charge >= 0.3 is 0 Å². The van der Waals surface area contributed by atoms with Gasteiger partial charge in [-0.2, -0.15) is 5.10 Å². The van der Waals surface area contributed by atoms with Crippen molar-refractivity contribution in [3.8, 4) is 34.5 Å². The molecule has 1 amide bonds. The van der Waals surface area contributed by atoms with Gasteiger partial charge in [-0.3, -0.25) is 4.79 Å². The lowest BCUT2D eigenvalue weighted by atomic mass is 10.1. The number of ether oxygens (including phenoxy) is 6. The first-order chi connectivity index (χ1) is 34.0. The molecule has 0 radical (unpaired) electrons. The molecule has 0 aromatic heterocycles. The van der Waals surface area contributed by atoms with Gasteiger partial charge in [0.05, 0.1) is 6.21 Å². The first-order valence-electron chi connectivity index (χ1n) is 22.7. The van der Waals surface area contributed by atoms with Crippen LogP contribution in [0.1, 0.15) is 49.3 Å². The first-order valence-corrected chi connectivity index (χ1v) is 22.7. The van der Waals surface area contributed by atoms with E-state index >= 15 is 0 Å². The van der Waals surface area contributed by atoms with Gasteiger partial charge in [-0.05, 0) is 92.2 Å². The van der Waals surface area contributed by atoms with Gasteiger partial charge in [0.15, 0.2) is 0 Å². The Kier molecular flexibility index (Phi) is 15.2. The molecule has 0 saturated carbocycles. The van der Waals surface area contributed by atoms with Crippen LogP contribution >= 0.6 is 0 Å². The maximum atomic E-state index is 13.8. The fraction of sp³-hybridized carbons (Fsp3) is 0.100. The number of carbonyl (C=O) groups is 1. The molecule has 0 saturated heterocycles. The molecule has 0 aliphatic carbocycles. The van der Waals surface area contributed by atoms with Gasteiger partial charge in [-0.1, -0.05) is 158 Å². The molecule has 9 aromatic carbocycles. The zero-order chi connectivity index (χ0) is 46.9. The van der Waals surface area contributed by atoms with Crippen LogP contribution in [0.25, 0.3) is 10.8 Å². The van der Waals surface area contributed by atoms with Gasteiger partial charge in [-0.15, -0.1) is 0 Å². The average Bonchev–Trinajstić information content (AvgIpc) is 3.40. The van der Waals surface area contributed by atoms with Crippen LogP contribution < -0.4 is 33.8 Å². The number of benzene rings is 9. The summed E-state index contributed by atoms with van der Waals surface area (Å²) in [5, 5.41) is 6.50. The molecule has 1 N–H and O–H groups in total. The molecule has 342 valence electrons.